The summed E-state index contributed by atoms with van der Waals surface area (Å²) in [4.78, 5) is 6.80. The van der Waals surface area contributed by atoms with Crippen LogP contribution < -0.4 is 4.74 Å². The standard InChI is InChI=1S/C21H21FN2O2/c1-25-18-10-6-15(7-11-18)19-3-2-12-24(19)14-21-23-13-20(26-21)16-4-8-17(22)9-5-16/h4-11,13,19H,2-3,12,14H2,1H3/t19-/m0/s1. The highest BCUT2D eigenvalue weighted by atomic mass is 19.1. The van der Waals surface area contributed by atoms with Crippen LogP contribution in [0.5, 0.6) is 5.75 Å². The van der Waals surface area contributed by atoms with Crippen LogP contribution in [0.25, 0.3) is 11.3 Å². The third-order valence-corrected chi connectivity index (χ3v) is 4.88. The SMILES string of the molecule is COc1ccc([C@@H]2CCCN2Cc2ncc(-c3ccc(F)cc3)o2)cc1. The van der Waals surface area contributed by atoms with Crippen LogP contribution in [0.15, 0.2) is 59.1 Å². The molecule has 2 aromatic carbocycles. The van der Waals surface area contributed by atoms with Crippen LogP contribution in [0.4, 0.5) is 4.39 Å². The van der Waals surface area contributed by atoms with Crippen LogP contribution >= 0.6 is 0 Å². The molecule has 2 heterocycles. The van der Waals surface area contributed by atoms with Crippen LogP contribution in [-0.4, -0.2) is 23.5 Å². The summed E-state index contributed by atoms with van der Waals surface area (Å²) in [5, 5.41) is 0. The Kier molecular flexibility index (Phi) is 4.71. The van der Waals surface area contributed by atoms with E-state index >= 15 is 0 Å². The van der Waals surface area contributed by atoms with E-state index in [2.05, 4.69) is 22.0 Å². The quantitative estimate of drug-likeness (QED) is 0.659. The Labute approximate surface area is 152 Å². The second kappa shape index (κ2) is 7.30. The van der Waals surface area contributed by atoms with Gasteiger partial charge in [-0.25, -0.2) is 9.37 Å². The fourth-order valence-electron chi connectivity index (χ4n) is 3.52. The molecule has 4 rings (SSSR count). The molecule has 26 heavy (non-hydrogen) atoms. The predicted molar refractivity (Wildman–Crippen MR) is 97.3 cm³/mol. The molecular weight excluding hydrogens is 331 g/mol. The van der Waals surface area contributed by atoms with Gasteiger partial charge in [-0.1, -0.05) is 12.1 Å². The molecule has 3 aromatic rings. The summed E-state index contributed by atoms with van der Waals surface area (Å²) in [6.45, 7) is 1.68. The molecule has 1 saturated heterocycles. The van der Waals surface area contributed by atoms with E-state index in [1.54, 1.807) is 25.4 Å². The van der Waals surface area contributed by atoms with E-state index in [-0.39, 0.29) is 5.82 Å². The highest BCUT2D eigenvalue weighted by Crippen LogP contribution is 2.34. The smallest absolute Gasteiger partial charge is 0.209 e. The zero-order chi connectivity index (χ0) is 17.9. The molecule has 0 saturated carbocycles. The number of benzene rings is 2. The lowest BCUT2D eigenvalue weighted by Gasteiger charge is -2.23. The largest absolute Gasteiger partial charge is 0.497 e. The number of hydrogen-bond donors (Lipinski definition) is 0. The Morgan fingerprint density at radius 1 is 1.15 bits per heavy atom. The summed E-state index contributed by atoms with van der Waals surface area (Å²) >= 11 is 0. The molecule has 0 N–H and O–H groups in total. The first kappa shape index (κ1) is 16.8. The van der Waals surface area contributed by atoms with Gasteiger partial charge >= 0.3 is 0 Å². The van der Waals surface area contributed by atoms with Gasteiger partial charge < -0.3 is 9.15 Å². The van der Waals surface area contributed by atoms with E-state index in [1.807, 2.05) is 12.1 Å². The number of halogens is 1. The molecule has 1 aromatic heterocycles. The van der Waals surface area contributed by atoms with Gasteiger partial charge in [-0.3, -0.25) is 4.90 Å². The predicted octanol–water partition coefficient (Wildman–Crippen LogP) is 4.83. The average Bonchev–Trinajstić information content (AvgIpc) is 3.33. The van der Waals surface area contributed by atoms with Crippen LogP contribution in [0.1, 0.15) is 30.3 Å². The van der Waals surface area contributed by atoms with Crippen molar-refractivity contribution in [1.82, 2.24) is 9.88 Å². The molecule has 0 unspecified atom stereocenters. The third kappa shape index (κ3) is 3.48. The molecule has 4 nitrogen and oxygen atoms in total. The molecule has 1 aliphatic rings. The number of nitrogens with zero attached hydrogens (tertiary/aromatic N) is 2. The number of oxazole rings is 1. The van der Waals surface area contributed by atoms with Crippen LogP contribution in [0.2, 0.25) is 0 Å². The zero-order valence-corrected chi connectivity index (χ0v) is 14.7. The highest BCUT2D eigenvalue weighted by Gasteiger charge is 2.27. The molecule has 5 heteroatoms. The number of hydrogen-bond acceptors (Lipinski definition) is 4. The van der Waals surface area contributed by atoms with Gasteiger partial charge in [0.2, 0.25) is 5.89 Å². The van der Waals surface area contributed by atoms with Crippen LogP contribution in [0, 0.1) is 5.82 Å². The first-order valence-corrected chi connectivity index (χ1v) is 8.81. The maximum absolute atomic E-state index is 13.1. The van der Waals surface area contributed by atoms with Gasteiger partial charge in [0.1, 0.15) is 11.6 Å². The lowest BCUT2D eigenvalue weighted by Crippen LogP contribution is -2.22. The van der Waals surface area contributed by atoms with E-state index in [0.717, 1.165) is 30.7 Å². The van der Waals surface area contributed by atoms with Crippen molar-refractivity contribution in [3.63, 3.8) is 0 Å². The van der Waals surface area contributed by atoms with Crippen molar-refractivity contribution >= 4 is 0 Å². The van der Waals surface area contributed by atoms with E-state index < -0.39 is 0 Å². The lowest BCUT2D eigenvalue weighted by molar-refractivity contribution is 0.224. The third-order valence-electron chi connectivity index (χ3n) is 4.88. The topological polar surface area (TPSA) is 38.5 Å². The maximum atomic E-state index is 13.1. The van der Waals surface area contributed by atoms with Crippen molar-refractivity contribution in [3.05, 3.63) is 72.0 Å². The molecule has 1 aliphatic heterocycles. The van der Waals surface area contributed by atoms with Crippen molar-refractivity contribution in [2.75, 3.05) is 13.7 Å². The second-order valence-corrected chi connectivity index (χ2v) is 6.53. The van der Waals surface area contributed by atoms with Gasteiger partial charge in [-0.2, -0.15) is 0 Å². The zero-order valence-electron chi connectivity index (χ0n) is 14.7. The molecule has 0 aliphatic carbocycles. The average molecular weight is 352 g/mol. The fraction of sp³-hybridized carbons (Fsp3) is 0.286. The second-order valence-electron chi connectivity index (χ2n) is 6.53. The molecule has 0 amide bonds. The molecule has 0 radical (unpaired) electrons. The molecule has 1 fully saturated rings. The van der Waals surface area contributed by atoms with E-state index in [1.165, 1.54) is 17.7 Å². The number of rotatable bonds is 5. The van der Waals surface area contributed by atoms with E-state index in [0.29, 0.717) is 24.2 Å². The van der Waals surface area contributed by atoms with Crippen molar-refractivity contribution < 1.29 is 13.5 Å². The van der Waals surface area contributed by atoms with Gasteiger partial charge in [0.25, 0.3) is 0 Å². The van der Waals surface area contributed by atoms with Gasteiger partial charge in [-0.15, -0.1) is 0 Å². The Morgan fingerprint density at radius 2 is 1.92 bits per heavy atom. The van der Waals surface area contributed by atoms with Crippen molar-refractivity contribution in [2.45, 2.75) is 25.4 Å². The normalized spacial score (nSPS) is 17.5. The Morgan fingerprint density at radius 3 is 2.65 bits per heavy atom. The molecule has 0 spiro atoms. The summed E-state index contributed by atoms with van der Waals surface area (Å²) in [5.41, 5.74) is 2.12. The summed E-state index contributed by atoms with van der Waals surface area (Å²) in [7, 11) is 1.68. The molecule has 134 valence electrons. The van der Waals surface area contributed by atoms with Crippen LogP contribution in [0.3, 0.4) is 0 Å². The van der Waals surface area contributed by atoms with Gasteiger partial charge in [0, 0.05) is 11.6 Å². The summed E-state index contributed by atoms with van der Waals surface area (Å²) in [6, 6.07) is 14.9. The Bertz CT molecular complexity index is 858. The van der Waals surface area contributed by atoms with Gasteiger partial charge in [-0.05, 0) is 61.3 Å². The lowest BCUT2D eigenvalue weighted by atomic mass is 10.0. The summed E-state index contributed by atoms with van der Waals surface area (Å²) < 4.78 is 24.2. The first-order valence-electron chi connectivity index (χ1n) is 8.81. The van der Waals surface area contributed by atoms with Crippen molar-refractivity contribution in [1.29, 1.82) is 0 Å². The molecule has 1 atom stereocenters. The summed E-state index contributed by atoms with van der Waals surface area (Å²) in [6.07, 6.45) is 3.99. The highest BCUT2D eigenvalue weighted by molar-refractivity contribution is 5.55. The Balaban J connectivity index is 1.48. The van der Waals surface area contributed by atoms with E-state index in [4.69, 9.17) is 9.15 Å². The van der Waals surface area contributed by atoms with Gasteiger partial charge in [0.15, 0.2) is 5.76 Å². The fourth-order valence-corrected chi connectivity index (χ4v) is 3.52. The van der Waals surface area contributed by atoms with Gasteiger partial charge in [0.05, 0.1) is 19.9 Å². The molecular formula is C21H21FN2O2. The molecule has 0 bridgehead atoms. The summed E-state index contributed by atoms with van der Waals surface area (Å²) in [5.74, 6) is 1.97. The number of aromatic nitrogens is 1. The minimum Gasteiger partial charge on any atom is -0.497 e. The number of methoxy groups -OCH3 is 1. The monoisotopic (exact) mass is 352 g/mol. The number of ether oxygens (including phenoxy) is 1. The Hall–Kier alpha value is -2.66. The minimum atomic E-state index is -0.257. The van der Waals surface area contributed by atoms with Crippen molar-refractivity contribution in [2.24, 2.45) is 0 Å². The first-order chi connectivity index (χ1) is 12.7. The van der Waals surface area contributed by atoms with E-state index in [9.17, 15) is 4.39 Å². The maximum Gasteiger partial charge on any atom is 0.209 e. The van der Waals surface area contributed by atoms with Crippen LogP contribution in [-0.2, 0) is 6.54 Å². The minimum absolute atomic E-state index is 0.257. The number of likely N-dealkylation sites (tertiary alicyclic amines) is 1. The van der Waals surface area contributed by atoms with Crippen molar-refractivity contribution in [3.8, 4) is 17.1 Å².